The number of ether oxygens (including phenoxy) is 1. The maximum atomic E-state index is 12.9. The standard InChI is InChI=1S/C25H23NO3/c1-2-18-10-6-8-14-22(18)26-17-20(16-24(26)27)25(28)29-23-15-9-7-13-21(23)19-11-4-3-5-12-19/h3-15,20H,2,16-17H2,1H3/t20-/m1/s1. The molecule has 1 atom stereocenters. The van der Waals surface area contributed by atoms with Gasteiger partial charge in [0.2, 0.25) is 5.91 Å². The van der Waals surface area contributed by atoms with Crippen molar-refractivity contribution in [2.75, 3.05) is 11.4 Å². The van der Waals surface area contributed by atoms with Crippen molar-refractivity contribution < 1.29 is 14.3 Å². The Morgan fingerprint density at radius 1 is 0.966 bits per heavy atom. The molecule has 1 aliphatic rings. The molecule has 1 heterocycles. The van der Waals surface area contributed by atoms with E-state index < -0.39 is 5.92 Å². The van der Waals surface area contributed by atoms with E-state index in [1.807, 2.05) is 72.8 Å². The summed E-state index contributed by atoms with van der Waals surface area (Å²) >= 11 is 0. The molecule has 1 aliphatic heterocycles. The molecule has 0 radical (unpaired) electrons. The molecule has 1 fully saturated rings. The lowest BCUT2D eigenvalue weighted by Gasteiger charge is -2.20. The van der Waals surface area contributed by atoms with Crippen molar-refractivity contribution in [2.45, 2.75) is 19.8 Å². The number of nitrogens with zero attached hydrogens (tertiary/aromatic N) is 1. The topological polar surface area (TPSA) is 46.6 Å². The Hall–Kier alpha value is -3.40. The maximum absolute atomic E-state index is 12.9. The van der Waals surface area contributed by atoms with Gasteiger partial charge < -0.3 is 9.64 Å². The van der Waals surface area contributed by atoms with E-state index in [-0.39, 0.29) is 18.3 Å². The molecule has 0 bridgehead atoms. The molecular formula is C25H23NO3. The second-order valence-electron chi connectivity index (χ2n) is 7.17. The summed E-state index contributed by atoms with van der Waals surface area (Å²) in [7, 11) is 0. The molecule has 29 heavy (non-hydrogen) atoms. The van der Waals surface area contributed by atoms with Crippen LogP contribution in [0.2, 0.25) is 0 Å². The second kappa shape index (κ2) is 8.31. The number of aryl methyl sites for hydroxylation is 1. The van der Waals surface area contributed by atoms with Crippen molar-refractivity contribution in [3.8, 4) is 16.9 Å². The van der Waals surface area contributed by atoms with Crippen molar-refractivity contribution in [2.24, 2.45) is 5.92 Å². The second-order valence-corrected chi connectivity index (χ2v) is 7.17. The Morgan fingerprint density at radius 3 is 2.45 bits per heavy atom. The molecule has 3 aromatic carbocycles. The van der Waals surface area contributed by atoms with Gasteiger partial charge in [0.1, 0.15) is 5.75 Å². The van der Waals surface area contributed by atoms with Gasteiger partial charge in [0.05, 0.1) is 5.92 Å². The van der Waals surface area contributed by atoms with Crippen LogP contribution in [0.4, 0.5) is 5.69 Å². The molecule has 1 amide bonds. The number of carbonyl (C=O) groups is 2. The molecule has 1 saturated heterocycles. The SMILES string of the molecule is CCc1ccccc1N1C[C@H](C(=O)Oc2ccccc2-c2ccccc2)CC1=O. The number of rotatable bonds is 5. The zero-order valence-corrected chi connectivity index (χ0v) is 16.4. The van der Waals surface area contributed by atoms with Crippen molar-refractivity contribution in [3.05, 3.63) is 84.4 Å². The summed E-state index contributed by atoms with van der Waals surface area (Å²) in [5, 5.41) is 0. The normalized spacial score (nSPS) is 16.1. The van der Waals surface area contributed by atoms with Gasteiger partial charge in [-0.25, -0.2) is 0 Å². The summed E-state index contributed by atoms with van der Waals surface area (Å²) in [6, 6.07) is 25.1. The molecular weight excluding hydrogens is 362 g/mol. The smallest absolute Gasteiger partial charge is 0.316 e. The van der Waals surface area contributed by atoms with Crippen LogP contribution >= 0.6 is 0 Å². The fraction of sp³-hybridized carbons (Fsp3) is 0.200. The number of hydrogen-bond donors (Lipinski definition) is 0. The molecule has 146 valence electrons. The van der Waals surface area contributed by atoms with Crippen LogP contribution in [-0.4, -0.2) is 18.4 Å². The van der Waals surface area contributed by atoms with Crippen LogP contribution in [0.3, 0.4) is 0 Å². The zero-order valence-electron chi connectivity index (χ0n) is 16.4. The lowest BCUT2D eigenvalue weighted by molar-refractivity contribution is -0.139. The van der Waals surface area contributed by atoms with E-state index in [1.54, 1.807) is 11.0 Å². The van der Waals surface area contributed by atoms with Crippen molar-refractivity contribution >= 4 is 17.6 Å². The van der Waals surface area contributed by atoms with Gasteiger partial charge in [-0.05, 0) is 29.7 Å². The summed E-state index contributed by atoms with van der Waals surface area (Å²) in [6.45, 7) is 2.41. The highest BCUT2D eigenvalue weighted by atomic mass is 16.5. The Bertz CT molecular complexity index is 1030. The number of para-hydroxylation sites is 2. The third-order valence-electron chi connectivity index (χ3n) is 5.30. The quantitative estimate of drug-likeness (QED) is 0.465. The first kappa shape index (κ1) is 18.9. The number of anilines is 1. The van der Waals surface area contributed by atoms with E-state index in [1.165, 1.54) is 0 Å². The predicted molar refractivity (Wildman–Crippen MR) is 114 cm³/mol. The summed E-state index contributed by atoms with van der Waals surface area (Å²) in [6.07, 6.45) is 1.00. The lowest BCUT2D eigenvalue weighted by Crippen LogP contribution is -2.28. The third-order valence-corrected chi connectivity index (χ3v) is 5.30. The van der Waals surface area contributed by atoms with Crippen molar-refractivity contribution in [1.29, 1.82) is 0 Å². The number of carbonyl (C=O) groups excluding carboxylic acids is 2. The summed E-state index contributed by atoms with van der Waals surface area (Å²) < 4.78 is 5.76. The highest BCUT2D eigenvalue weighted by Crippen LogP contribution is 2.32. The van der Waals surface area contributed by atoms with Gasteiger partial charge >= 0.3 is 5.97 Å². The van der Waals surface area contributed by atoms with E-state index in [9.17, 15) is 9.59 Å². The fourth-order valence-electron chi connectivity index (χ4n) is 3.77. The van der Waals surface area contributed by atoms with Gasteiger partial charge in [0, 0.05) is 24.2 Å². The Kier molecular flexibility index (Phi) is 5.43. The predicted octanol–water partition coefficient (Wildman–Crippen LogP) is 4.87. The van der Waals surface area contributed by atoms with Gasteiger partial charge in [-0.3, -0.25) is 9.59 Å². The van der Waals surface area contributed by atoms with Gasteiger partial charge in [-0.15, -0.1) is 0 Å². The highest BCUT2D eigenvalue weighted by Gasteiger charge is 2.37. The lowest BCUT2D eigenvalue weighted by atomic mass is 10.0. The maximum Gasteiger partial charge on any atom is 0.316 e. The van der Waals surface area contributed by atoms with Gasteiger partial charge in [0.15, 0.2) is 0 Å². The fourth-order valence-corrected chi connectivity index (χ4v) is 3.77. The van der Waals surface area contributed by atoms with Crippen molar-refractivity contribution in [1.82, 2.24) is 0 Å². The highest BCUT2D eigenvalue weighted by molar-refractivity contribution is 6.00. The molecule has 0 saturated carbocycles. The third kappa shape index (κ3) is 3.92. The van der Waals surface area contributed by atoms with E-state index in [4.69, 9.17) is 4.74 Å². The number of amides is 1. The number of hydrogen-bond acceptors (Lipinski definition) is 3. The van der Waals surface area contributed by atoms with Crippen LogP contribution in [-0.2, 0) is 16.0 Å². The number of benzene rings is 3. The van der Waals surface area contributed by atoms with E-state index in [2.05, 4.69) is 6.92 Å². The molecule has 4 heteroatoms. The molecule has 0 aliphatic carbocycles. The Balaban J connectivity index is 1.53. The Labute approximate surface area is 170 Å². The average molecular weight is 385 g/mol. The van der Waals surface area contributed by atoms with Gasteiger partial charge in [-0.2, -0.15) is 0 Å². The molecule has 4 nitrogen and oxygen atoms in total. The first-order valence-electron chi connectivity index (χ1n) is 9.91. The molecule has 4 rings (SSSR count). The van der Waals surface area contributed by atoms with Gasteiger partial charge in [-0.1, -0.05) is 73.7 Å². The van der Waals surface area contributed by atoms with Crippen LogP contribution in [0.15, 0.2) is 78.9 Å². The minimum atomic E-state index is -0.476. The molecule has 0 N–H and O–H groups in total. The van der Waals surface area contributed by atoms with Crippen LogP contribution in [0.1, 0.15) is 18.9 Å². The molecule has 0 spiro atoms. The Morgan fingerprint density at radius 2 is 1.66 bits per heavy atom. The summed E-state index contributed by atoms with van der Waals surface area (Å²) in [4.78, 5) is 27.2. The molecule has 0 unspecified atom stereocenters. The van der Waals surface area contributed by atoms with Crippen LogP contribution in [0.5, 0.6) is 5.75 Å². The van der Waals surface area contributed by atoms with Gasteiger partial charge in [0.25, 0.3) is 0 Å². The van der Waals surface area contributed by atoms with Crippen LogP contribution < -0.4 is 9.64 Å². The average Bonchev–Trinajstić information content (AvgIpc) is 3.16. The van der Waals surface area contributed by atoms with E-state index in [0.717, 1.165) is 28.8 Å². The number of esters is 1. The van der Waals surface area contributed by atoms with Crippen LogP contribution in [0.25, 0.3) is 11.1 Å². The first-order chi connectivity index (χ1) is 14.2. The summed E-state index contributed by atoms with van der Waals surface area (Å²) in [5.41, 5.74) is 3.83. The monoisotopic (exact) mass is 385 g/mol. The van der Waals surface area contributed by atoms with Crippen LogP contribution in [0, 0.1) is 5.92 Å². The van der Waals surface area contributed by atoms with E-state index >= 15 is 0 Å². The molecule has 0 aromatic heterocycles. The van der Waals surface area contributed by atoms with E-state index in [0.29, 0.717) is 12.3 Å². The summed E-state index contributed by atoms with van der Waals surface area (Å²) in [5.74, 6) is -0.359. The first-order valence-corrected chi connectivity index (χ1v) is 9.91. The largest absolute Gasteiger partial charge is 0.426 e. The van der Waals surface area contributed by atoms with Crippen molar-refractivity contribution in [3.63, 3.8) is 0 Å². The zero-order chi connectivity index (χ0) is 20.2. The minimum absolute atomic E-state index is 0.0378. The molecule has 3 aromatic rings. The minimum Gasteiger partial charge on any atom is -0.426 e.